The van der Waals surface area contributed by atoms with E-state index in [0.717, 1.165) is 13.0 Å². The Labute approximate surface area is 96.2 Å². The third kappa shape index (κ3) is 3.36. The molecule has 1 aromatic rings. The summed E-state index contributed by atoms with van der Waals surface area (Å²) in [6.45, 7) is 4.33. The molecule has 2 N–H and O–H groups in total. The van der Waals surface area contributed by atoms with Crippen molar-refractivity contribution in [2.75, 3.05) is 11.9 Å². The average Bonchev–Trinajstić information content (AvgIpc) is 2.20. The van der Waals surface area contributed by atoms with Gasteiger partial charge in [0.15, 0.2) is 0 Å². The zero-order valence-corrected chi connectivity index (χ0v) is 9.62. The van der Waals surface area contributed by atoms with Crippen molar-refractivity contribution in [3.05, 3.63) is 35.0 Å². The van der Waals surface area contributed by atoms with Crippen molar-refractivity contribution in [1.82, 2.24) is 4.98 Å². The van der Waals surface area contributed by atoms with Gasteiger partial charge in [-0.3, -0.25) is 0 Å². The molecule has 4 nitrogen and oxygen atoms in total. The molecule has 0 saturated heterocycles. The lowest BCUT2D eigenvalue weighted by atomic mass is 10.3. The molecule has 0 radical (unpaired) electrons. The molecule has 0 aromatic carbocycles. The highest BCUT2D eigenvalue weighted by atomic mass is 79.9. The van der Waals surface area contributed by atoms with Gasteiger partial charge in [-0.1, -0.05) is 6.08 Å². The second kappa shape index (κ2) is 5.50. The molecule has 5 heteroatoms. The predicted molar refractivity (Wildman–Crippen MR) is 62.2 cm³/mol. The average molecular weight is 271 g/mol. The zero-order chi connectivity index (χ0) is 11.3. The summed E-state index contributed by atoms with van der Waals surface area (Å²) >= 11 is 3.25. The Hall–Kier alpha value is -1.36. The number of carboxylic acids is 1. The molecule has 1 rings (SSSR count). The van der Waals surface area contributed by atoms with E-state index in [1.165, 1.54) is 12.3 Å². The van der Waals surface area contributed by atoms with Gasteiger partial charge in [0.25, 0.3) is 0 Å². The quantitative estimate of drug-likeness (QED) is 0.638. The molecule has 0 fully saturated rings. The van der Waals surface area contributed by atoms with Gasteiger partial charge in [-0.2, -0.15) is 0 Å². The van der Waals surface area contributed by atoms with Gasteiger partial charge in [-0.05, 0) is 28.4 Å². The predicted octanol–water partition coefficient (Wildman–Crippen LogP) is 2.53. The topological polar surface area (TPSA) is 62.2 Å². The number of nitrogens with zero attached hydrogens (tertiary/aromatic N) is 1. The van der Waals surface area contributed by atoms with Gasteiger partial charge in [-0.15, -0.1) is 6.58 Å². The van der Waals surface area contributed by atoms with Crippen LogP contribution in [0.3, 0.4) is 0 Å². The van der Waals surface area contributed by atoms with Crippen molar-refractivity contribution in [2.24, 2.45) is 0 Å². The van der Waals surface area contributed by atoms with E-state index in [1.54, 1.807) is 6.08 Å². The van der Waals surface area contributed by atoms with Crippen molar-refractivity contribution >= 4 is 27.7 Å². The van der Waals surface area contributed by atoms with E-state index in [4.69, 9.17) is 5.11 Å². The molecule has 0 aliphatic rings. The first-order valence-corrected chi connectivity index (χ1v) is 5.18. The van der Waals surface area contributed by atoms with Crippen LogP contribution in [-0.4, -0.2) is 22.6 Å². The van der Waals surface area contributed by atoms with Crippen molar-refractivity contribution in [2.45, 2.75) is 6.42 Å². The van der Waals surface area contributed by atoms with Crippen LogP contribution in [0.2, 0.25) is 0 Å². The fourth-order valence-corrected chi connectivity index (χ4v) is 1.47. The second-order valence-corrected chi connectivity index (χ2v) is 3.72. The number of hydrogen-bond acceptors (Lipinski definition) is 3. The minimum absolute atomic E-state index is 0.163. The first-order chi connectivity index (χ1) is 7.15. The molecule has 1 aromatic heterocycles. The number of nitrogens with one attached hydrogen (secondary N) is 1. The molecule has 80 valence electrons. The molecule has 1 heterocycles. The third-order valence-electron chi connectivity index (χ3n) is 1.73. The molecular weight excluding hydrogens is 260 g/mol. The molecule has 0 aliphatic carbocycles. The Kier molecular flexibility index (Phi) is 4.30. The lowest BCUT2D eigenvalue weighted by Gasteiger charge is -2.06. The molecular formula is C10H11BrN2O2. The van der Waals surface area contributed by atoms with Gasteiger partial charge in [0.05, 0.1) is 10.0 Å². The number of halogens is 1. The molecule has 0 amide bonds. The van der Waals surface area contributed by atoms with Crippen LogP contribution in [0.4, 0.5) is 5.82 Å². The molecule has 0 bridgehead atoms. The van der Waals surface area contributed by atoms with Crippen molar-refractivity contribution < 1.29 is 9.90 Å². The van der Waals surface area contributed by atoms with E-state index in [9.17, 15) is 4.79 Å². The molecule has 0 saturated carbocycles. The summed E-state index contributed by atoms with van der Waals surface area (Å²) < 4.78 is 0.645. The number of pyridine rings is 1. The van der Waals surface area contributed by atoms with Crippen molar-refractivity contribution in [1.29, 1.82) is 0 Å². The van der Waals surface area contributed by atoms with Gasteiger partial charge in [0, 0.05) is 12.7 Å². The smallest absolute Gasteiger partial charge is 0.337 e. The van der Waals surface area contributed by atoms with Crippen LogP contribution in [-0.2, 0) is 0 Å². The first-order valence-electron chi connectivity index (χ1n) is 4.38. The molecule has 0 aliphatic heterocycles. The highest BCUT2D eigenvalue weighted by Gasteiger charge is 2.07. The summed E-state index contributed by atoms with van der Waals surface area (Å²) in [7, 11) is 0. The van der Waals surface area contributed by atoms with Crippen LogP contribution in [0.15, 0.2) is 29.4 Å². The summed E-state index contributed by atoms with van der Waals surface area (Å²) in [5.74, 6) is -0.345. The van der Waals surface area contributed by atoms with Gasteiger partial charge < -0.3 is 10.4 Å². The highest BCUT2D eigenvalue weighted by Crippen LogP contribution is 2.20. The van der Waals surface area contributed by atoms with E-state index in [0.29, 0.717) is 10.3 Å². The van der Waals surface area contributed by atoms with Crippen LogP contribution in [0.5, 0.6) is 0 Å². The van der Waals surface area contributed by atoms with Crippen molar-refractivity contribution in [3.8, 4) is 0 Å². The molecule has 0 atom stereocenters. The minimum Gasteiger partial charge on any atom is -0.478 e. The third-order valence-corrected chi connectivity index (χ3v) is 2.33. The summed E-state index contributed by atoms with van der Waals surface area (Å²) in [6, 6.07) is 1.52. The fraction of sp³-hybridized carbons (Fsp3) is 0.200. The summed E-state index contributed by atoms with van der Waals surface area (Å²) in [6.07, 6.45) is 3.95. The first kappa shape index (κ1) is 11.7. The second-order valence-electron chi connectivity index (χ2n) is 2.86. The maximum atomic E-state index is 10.6. The number of rotatable bonds is 5. The molecule has 0 unspecified atom stereocenters. The summed E-state index contributed by atoms with van der Waals surface area (Å²) in [5.41, 5.74) is 0.163. The standard InChI is InChI=1S/C10H11BrN2O2/c1-2-3-4-12-9-8(11)5-7(6-13-9)10(14)15/h2,5-6H,1,3-4H2,(H,12,13)(H,14,15). The van der Waals surface area contributed by atoms with E-state index >= 15 is 0 Å². The molecule has 15 heavy (non-hydrogen) atoms. The Morgan fingerprint density at radius 2 is 2.47 bits per heavy atom. The van der Waals surface area contributed by atoms with Gasteiger partial charge >= 0.3 is 5.97 Å². The normalized spacial score (nSPS) is 9.67. The fourth-order valence-electron chi connectivity index (χ4n) is 0.978. The monoisotopic (exact) mass is 270 g/mol. The maximum absolute atomic E-state index is 10.6. The minimum atomic E-state index is -0.985. The maximum Gasteiger partial charge on any atom is 0.337 e. The SMILES string of the molecule is C=CCCNc1ncc(C(=O)O)cc1Br. The Balaban J connectivity index is 2.74. The summed E-state index contributed by atoms with van der Waals surface area (Å²) in [5, 5.41) is 11.8. The van der Waals surface area contributed by atoms with E-state index < -0.39 is 5.97 Å². The lowest BCUT2D eigenvalue weighted by Crippen LogP contribution is -2.05. The molecule has 0 spiro atoms. The number of anilines is 1. The Bertz CT molecular complexity index is 380. The number of carbonyl (C=O) groups is 1. The number of hydrogen-bond donors (Lipinski definition) is 2. The Morgan fingerprint density at radius 1 is 1.73 bits per heavy atom. The van der Waals surface area contributed by atoms with Crippen LogP contribution < -0.4 is 5.32 Å². The zero-order valence-electron chi connectivity index (χ0n) is 8.03. The summed E-state index contributed by atoms with van der Waals surface area (Å²) in [4.78, 5) is 14.6. The number of aromatic carboxylic acids is 1. The lowest BCUT2D eigenvalue weighted by molar-refractivity contribution is 0.0696. The van der Waals surface area contributed by atoms with Crippen LogP contribution in [0.25, 0.3) is 0 Å². The van der Waals surface area contributed by atoms with E-state index in [2.05, 4.69) is 32.8 Å². The number of aromatic nitrogens is 1. The van der Waals surface area contributed by atoms with Crippen LogP contribution >= 0.6 is 15.9 Å². The number of carboxylic acid groups (broad SMARTS) is 1. The van der Waals surface area contributed by atoms with Gasteiger partial charge in [0.2, 0.25) is 0 Å². The highest BCUT2D eigenvalue weighted by molar-refractivity contribution is 9.10. The van der Waals surface area contributed by atoms with Gasteiger partial charge in [0.1, 0.15) is 5.82 Å². The van der Waals surface area contributed by atoms with Crippen LogP contribution in [0, 0.1) is 0 Å². The van der Waals surface area contributed by atoms with E-state index in [-0.39, 0.29) is 5.56 Å². The van der Waals surface area contributed by atoms with Gasteiger partial charge in [-0.25, -0.2) is 9.78 Å². The largest absolute Gasteiger partial charge is 0.478 e. The van der Waals surface area contributed by atoms with Crippen molar-refractivity contribution in [3.63, 3.8) is 0 Å². The van der Waals surface area contributed by atoms with E-state index in [1.807, 2.05) is 0 Å². The Morgan fingerprint density at radius 3 is 3.00 bits per heavy atom. The van der Waals surface area contributed by atoms with Crippen LogP contribution in [0.1, 0.15) is 16.8 Å².